The van der Waals surface area contributed by atoms with Gasteiger partial charge in [0.1, 0.15) is 6.73 Å². The third-order valence-corrected chi connectivity index (χ3v) is 2.76. The quantitative estimate of drug-likeness (QED) is 0.763. The Labute approximate surface area is 108 Å². The van der Waals surface area contributed by atoms with E-state index in [2.05, 4.69) is 15.1 Å². The Kier molecular flexibility index (Phi) is 3.07. The number of nitrogens with zero attached hydrogens (tertiary/aromatic N) is 3. The summed E-state index contributed by atoms with van der Waals surface area (Å²) in [6.45, 7) is 0.546. The summed E-state index contributed by atoms with van der Waals surface area (Å²) >= 11 is 0. The lowest BCUT2D eigenvalue weighted by Crippen LogP contribution is -2.24. The second-order valence-electron chi connectivity index (χ2n) is 4.08. The van der Waals surface area contributed by atoms with Crippen LogP contribution in [0.25, 0.3) is 11.0 Å². The molecule has 1 N–H and O–H groups in total. The molecule has 6 nitrogen and oxygen atoms in total. The minimum Gasteiger partial charge on any atom is -0.354 e. The van der Waals surface area contributed by atoms with E-state index in [4.69, 9.17) is 4.74 Å². The third kappa shape index (κ3) is 2.38. The highest BCUT2D eigenvalue weighted by Crippen LogP contribution is 2.02. The van der Waals surface area contributed by atoms with Crippen LogP contribution in [0.1, 0.15) is 5.56 Å². The molecule has 0 amide bonds. The van der Waals surface area contributed by atoms with Gasteiger partial charge < -0.3 is 9.72 Å². The summed E-state index contributed by atoms with van der Waals surface area (Å²) in [6, 6.07) is 9.76. The molecule has 0 bridgehead atoms. The van der Waals surface area contributed by atoms with Gasteiger partial charge in [-0.2, -0.15) is 5.10 Å². The van der Waals surface area contributed by atoms with E-state index in [0.717, 1.165) is 5.56 Å². The number of ether oxygens (including phenoxy) is 1. The van der Waals surface area contributed by atoms with Crippen LogP contribution in [0.5, 0.6) is 0 Å². The SMILES string of the molecule is O=c1c2nc[nH]c2cnn1COCc1ccccc1. The molecule has 0 fully saturated rings. The molecule has 1 aromatic carbocycles. The fraction of sp³-hybridized carbons (Fsp3) is 0.154. The van der Waals surface area contributed by atoms with Crippen molar-refractivity contribution >= 4 is 11.0 Å². The van der Waals surface area contributed by atoms with Crippen molar-refractivity contribution in [2.75, 3.05) is 0 Å². The highest BCUT2D eigenvalue weighted by Gasteiger charge is 2.05. The largest absolute Gasteiger partial charge is 0.354 e. The van der Waals surface area contributed by atoms with Gasteiger partial charge in [-0.15, -0.1) is 0 Å². The molecule has 2 heterocycles. The summed E-state index contributed by atoms with van der Waals surface area (Å²) in [6.07, 6.45) is 3.04. The van der Waals surface area contributed by atoms with Crippen molar-refractivity contribution in [1.82, 2.24) is 19.7 Å². The molecule has 3 rings (SSSR count). The smallest absolute Gasteiger partial charge is 0.297 e. The van der Waals surface area contributed by atoms with Gasteiger partial charge >= 0.3 is 0 Å². The first-order valence-electron chi connectivity index (χ1n) is 5.85. The molecule has 0 aliphatic heterocycles. The van der Waals surface area contributed by atoms with Crippen LogP contribution in [0.3, 0.4) is 0 Å². The van der Waals surface area contributed by atoms with Crippen LogP contribution in [0.4, 0.5) is 0 Å². The van der Waals surface area contributed by atoms with E-state index >= 15 is 0 Å². The Morgan fingerprint density at radius 1 is 1.26 bits per heavy atom. The van der Waals surface area contributed by atoms with E-state index in [9.17, 15) is 4.79 Å². The fourth-order valence-corrected chi connectivity index (χ4v) is 1.79. The van der Waals surface area contributed by atoms with E-state index in [1.807, 2.05) is 30.3 Å². The number of benzene rings is 1. The minimum atomic E-state index is -0.258. The average Bonchev–Trinajstić information content (AvgIpc) is 2.92. The Balaban J connectivity index is 1.72. The summed E-state index contributed by atoms with van der Waals surface area (Å²) in [4.78, 5) is 18.8. The lowest BCUT2D eigenvalue weighted by atomic mass is 10.2. The molecular weight excluding hydrogens is 244 g/mol. The zero-order valence-electron chi connectivity index (χ0n) is 10.1. The van der Waals surface area contributed by atoms with Crippen molar-refractivity contribution in [2.24, 2.45) is 0 Å². The Morgan fingerprint density at radius 2 is 2.11 bits per heavy atom. The molecule has 0 unspecified atom stereocenters. The first kappa shape index (κ1) is 11.6. The molecule has 0 atom stereocenters. The van der Waals surface area contributed by atoms with Crippen molar-refractivity contribution in [1.29, 1.82) is 0 Å². The summed E-state index contributed by atoms with van der Waals surface area (Å²) in [7, 11) is 0. The Morgan fingerprint density at radius 3 is 2.95 bits per heavy atom. The number of H-pyrrole nitrogens is 1. The number of imidazole rings is 1. The molecule has 0 spiro atoms. The first-order chi connectivity index (χ1) is 9.34. The summed E-state index contributed by atoms with van der Waals surface area (Å²) < 4.78 is 6.73. The summed E-state index contributed by atoms with van der Waals surface area (Å²) in [5, 5.41) is 4.02. The van der Waals surface area contributed by atoms with Crippen LogP contribution in [0, 0.1) is 0 Å². The zero-order valence-corrected chi connectivity index (χ0v) is 10.1. The van der Waals surface area contributed by atoms with Gasteiger partial charge in [-0.3, -0.25) is 4.79 Å². The maximum absolute atomic E-state index is 12.0. The van der Waals surface area contributed by atoms with Crippen LogP contribution in [-0.2, 0) is 18.1 Å². The van der Waals surface area contributed by atoms with Gasteiger partial charge in [-0.1, -0.05) is 30.3 Å². The van der Waals surface area contributed by atoms with E-state index in [1.54, 1.807) is 6.20 Å². The molecule has 0 aliphatic carbocycles. The standard InChI is InChI=1S/C13H12N4O2/c18-13-12-11(14-8-15-12)6-16-17(13)9-19-7-10-4-2-1-3-5-10/h1-6,8H,7,9H2,(H,14,15). The first-order valence-corrected chi connectivity index (χ1v) is 5.85. The van der Waals surface area contributed by atoms with Gasteiger partial charge in [0.15, 0.2) is 5.52 Å². The highest BCUT2D eigenvalue weighted by molar-refractivity contribution is 5.71. The molecule has 0 aliphatic rings. The lowest BCUT2D eigenvalue weighted by molar-refractivity contribution is 0.0532. The number of rotatable bonds is 4. The van der Waals surface area contributed by atoms with Gasteiger partial charge in [-0.25, -0.2) is 9.67 Å². The highest BCUT2D eigenvalue weighted by atomic mass is 16.5. The molecule has 0 radical (unpaired) electrons. The molecule has 19 heavy (non-hydrogen) atoms. The number of hydrogen-bond acceptors (Lipinski definition) is 4. The molecular formula is C13H12N4O2. The second-order valence-corrected chi connectivity index (χ2v) is 4.08. The van der Waals surface area contributed by atoms with Gasteiger partial charge in [0, 0.05) is 0 Å². The van der Waals surface area contributed by atoms with Crippen LogP contribution in [0.15, 0.2) is 47.7 Å². The summed E-state index contributed by atoms with van der Waals surface area (Å²) in [5.41, 5.74) is 1.80. The van der Waals surface area contributed by atoms with E-state index < -0.39 is 0 Å². The molecule has 0 saturated heterocycles. The van der Waals surface area contributed by atoms with Gasteiger partial charge in [-0.05, 0) is 5.56 Å². The van der Waals surface area contributed by atoms with Gasteiger partial charge in [0.2, 0.25) is 0 Å². The molecule has 6 heteroatoms. The topological polar surface area (TPSA) is 72.8 Å². The van der Waals surface area contributed by atoms with Crippen LogP contribution in [-0.4, -0.2) is 19.7 Å². The van der Waals surface area contributed by atoms with Crippen molar-refractivity contribution in [3.8, 4) is 0 Å². The molecule has 3 aromatic rings. The van der Waals surface area contributed by atoms with Crippen LogP contribution >= 0.6 is 0 Å². The van der Waals surface area contributed by atoms with Crippen molar-refractivity contribution in [3.63, 3.8) is 0 Å². The lowest BCUT2D eigenvalue weighted by Gasteiger charge is -2.05. The number of aromatic nitrogens is 4. The van der Waals surface area contributed by atoms with Crippen molar-refractivity contribution in [2.45, 2.75) is 13.3 Å². The normalized spacial score (nSPS) is 10.9. The number of aromatic amines is 1. The predicted octanol–water partition coefficient (Wildman–Crippen LogP) is 1.29. The molecule has 96 valence electrons. The van der Waals surface area contributed by atoms with E-state index in [1.165, 1.54) is 11.0 Å². The number of nitrogens with one attached hydrogen (secondary N) is 1. The minimum absolute atomic E-state index is 0.108. The summed E-state index contributed by atoms with van der Waals surface area (Å²) in [5.74, 6) is 0. The van der Waals surface area contributed by atoms with Crippen LogP contribution < -0.4 is 5.56 Å². The van der Waals surface area contributed by atoms with E-state index in [0.29, 0.717) is 17.6 Å². The Bertz CT molecular complexity index is 733. The maximum Gasteiger partial charge on any atom is 0.297 e. The second kappa shape index (κ2) is 5.03. The number of hydrogen-bond donors (Lipinski definition) is 1. The van der Waals surface area contributed by atoms with Crippen LogP contribution in [0.2, 0.25) is 0 Å². The molecule has 2 aromatic heterocycles. The van der Waals surface area contributed by atoms with Gasteiger partial charge in [0.25, 0.3) is 5.56 Å². The zero-order chi connectivity index (χ0) is 13.1. The predicted molar refractivity (Wildman–Crippen MR) is 69.4 cm³/mol. The average molecular weight is 256 g/mol. The van der Waals surface area contributed by atoms with Crippen molar-refractivity contribution < 1.29 is 4.74 Å². The monoisotopic (exact) mass is 256 g/mol. The number of fused-ring (bicyclic) bond motifs is 1. The van der Waals surface area contributed by atoms with E-state index in [-0.39, 0.29) is 12.3 Å². The van der Waals surface area contributed by atoms with Crippen molar-refractivity contribution in [3.05, 3.63) is 58.8 Å². The third-order valence-electron chi connectivity index (χ3n) is 2.76. The molecule has 0 saturated carbocycles. The van der Waals surface area contributed by atoms with Gasteiger partial charge in [0.05, 0.1) is 24.6 Å². The fourth-order valence-electron chi connectivity index (χ4n) is 1.79. The maximum atomic E-state index is 12.0. The Hall–Kier alpha value is -2.47.